The Labute approximate surface area is 210 Å². The standard InChI is InChI=1S/C21H23ClF3N3O7S/c1-33-8-9-34-16-5-4-14(13-28(20(29)30)36(31,32)27-6-2-3-7-27)18(11-16)35-19-17(22)10-15(12-26-19)21(23,24)25/h4-5,10-12H,2-3,6-9,13H2,1H3,(H,29,30). The van der Waals surface area contributed by atoms with Crippen LogP contribution in [-0.4, -0.2) is 66.6 Å². The third-order valence-corrected chi connectivity index (χ3v) is 7.26. The van der Waals surface area contributed by atoms with Crippen LogP contribution in [0.2, 0.25) is 5.02 Å². The summed E-state index contributed by atoms with van der Waals surface area (Å²) in [6.07, 6.45) is -4.65. The van der Waals surface area contributed by atoms with Gasteiger partial charge in [-0.3, -0.25) is 0 Å². The van der Waals surface area contributed by atoms with Crippen molar-refractivity contribution in [2.24, 2.45) is 0 Å². The number of ether oxygens (including phenoxy) is 3. The van der Waals surface area contributed by atoms with Gasteiger partial charge in [-0.1, -0.05) is 11.6 Å². The Hall–Kier alpha value is -2.81. The van der Waals surface area contributed by atoms with Gasteiger partial charge in [0.25, 0.3) is 0 Å². The van der Waals surface area contributed by atoms with Crippen LogP contribution in [0.4, 0.5) is 18.0 Å². The Morgan fingerprint density at radius 2 is 1.92 bits per heavy atom. The lowest BCUT2D eigenvalue weighted by atomic mass is 10.2. The van der Waals surface area contributed by atoms with Gasteiger partial charge in [0.2, 0.25) is 5.88 Å². The van der Waals surface area contributed by atoms with Gasteiger partial charge >= 0.3 is 22.5 Å². The summed E-state index contributed by atoms with van der Waals surface area (Å²) in [5, 5.41) is 9.20. The largest absolute Gasteiger partial charge is 0.491 e. The third kappa shape index (κ3) is 6.69. The summed E-state index contributed by atoms with van der Waals surface area (Å²) >= 11 is 5.95. The van der Waals surface area contributed by atoms with E-state index < -0.39 is 45.5 Å². The molecule has 0 radical (unpaired) electrons. The number of aromatic nitrogens is 1. The molecule has 1 N–H and O–H groups in total. The highest BCUT2D eigenvalue weighted by atomic mass is 35.5. The van der Waals surface area contributed by atoms with E-state index in [9.17, 15) is 31.5 Å². The fourth-order valence-electron chi connectivity index (χ4n) is 3.31. The topological polar surface area (TPSA) is 118 Å². The van der Waals surface area contributed by atoms with Crippen LogP contribution in [-0.2, 0) is 27.7 Å². The van der Waals surface area contributed by atoms with Crippen molar-refractivity contribution in [2.75, 3.05) is 33.4 Å². The van der Waals surface area contributed by atoms with Crippen molar-refractivity contribution in [3.63, 3.8) is 0 Å². The van der Waals surface area contributed by atoms with Gasteiger partial charge in [0.15, 0.2) is 0 Å². The first-order chi connectivity index (χ1) is 16.9. The molecular weight excluding hydrogens is 531 g/mol. The molecule has 1 aromatic heterocycles. The molecule has 1 saturated heterocycles. The van der Waals surface area contributed by atoms with Crippen LogP contribution in [0.1, 0.15) is 24.0 Å². The summed E-state index contributed by atoms with van der Waals surface area (Å²) in [4.78, 5) is 15.5. The number of amides is 1. The summed E-state index contributed by atoms with van der Waals surface area (Å²) in [5.41, 5.74) is -1.01. The molecule has 0 aliphatic carbocycles. The maximum absolute atomic E-state index is 13.0. The zero-order chi connectivity index (χ0) is 26.5. The number of nitrogens with zero attached hydrogens (tertiary/aromatic N) is 3. The predicted molar refractivity (Wildman–Crippen MR) is 121 cm³/mol. The van der Waals surface area contributed by atoms with Gasteiger partial charge in [0, 0.05) is 38.0 Å². The van der Waals surface area contributed by atoms with E-state index in [1.807, 2.05) is 0 Å². The number of hydrogen-bond donors (Lipinski definition) is 1. The molecule has 3 rings (SSSR count). The molecule has 1 aliphatic heterocycles. The van der Waals surface area contributed by atoms with Crippen molar-refractivity contribution >= 4 is 27.9 Å². The lowest BCUT2D eigenvalue weighted by Crippen LogP contribution is -2.44. The minimum Gasteiger partial charge on any atom is -0.491 e. The molecule has 2 heterocycles. The second-order valence-electron chi connectivity index (χ2n) is 7.62. The van der Waals surface area contributed by atoms with E-state index in [1.54, 1.807) is 0 Å². The summed E-state index contributed by atoms with van der Waals surface area (Å²) in [6, 6.07) is 4.79. The smallest absolute Gasteiger partial charge is 0.422 e. The van der Waals surface area contributed by atoms with Crippen molar-refractivity contribution in [2.45, 2.75) is 25.6 Å². The zero-order valence-corrected chi connectivity index (χ0v) is 20.6. The second kappa shape index (κ2) is 11.5. The van der Waals surface area contributed by atoms with Crippen molar-refractivity contribution in [1.29, 1.82) is 0 Å². The molecule has 1 fully saturated rings. The third-order valence-electron chi connectivity index (χ3n) is 5.13. The Morgan fingerprint density at radius 1 is 1.22 bits per heavy atom. The van der Waals surface area contributed by atoms with Crippen LogP contribution < -0.4 is 9.47 Å². The highest BCUT2D eigenvalue weighted by molar-refractivity contribution is 7.87. The quantitative estimate of drug-likeness (QED) is 0.430. The molecule has 10 nitrogen and oxygen atoms in total. The number of halogens is 4. The number of methoxy groups -OCH3 is 1. The average Bonchev–Trinajstić information content (AvgIpc) is 3.35. The zero-order valence-electron chi connectivity index (χ0n) is 19.0. The van der Waals surface area contributed by atoms with Crippen LogP contribution in [0, 0.1) is 0 Å². The Kier molecular flexibility index (Phi) is 8.87. The van der Waals surface area contributed by atoms with E-state index >= 15 is 0 Å². The minimum atomic E-state index is -4.68. The molecule has 2 aromatic rings. The van der Waals surface area contributed by atoms with E-state index in [4.69, 9.17) is 25.8 Å². The fourth-order valence-corrected chi connectivity index (χ4v) is 5.02. The molecule has 15 heteroatoms. The van der Waals surface area contributed by atoms with E-state index in [-0.39, 0.29) is 47.7 Å². The summed E-state index contributed by atoms with van der Waals surface area (Å²) < 4.78 is 82.1. The number of carbonyl (C=O) groups is 1. The van der Waals surface area contributed by atoms with Crippen LogP contribution >= 0.6 is 11.6 Å². The highest BCUT2D eigenvalue weighted by Crippen LogP contribution is 2.37. The van der Waals surface area contributed by atoms with Gasteiger partial charge in [-0.05, 0) is 31.0 Å². The second-order valence-corrected chi connectivity index (χ2v) is 9.88. The Morgan fingerprint density at radius 3 is 2.50 bits per heavy atom. The first-order valence-electron chi connectivity index (χ1n) is 10.6. The summed E-state index contributed by atoms with van der Waals surface area (Å²) in [5.74, 6) is -0.260. The molecule has 198 valence electrons. The number of carboxylic acid groups (broad SMARTS) is 1. The maximum atomic E-state index is 13.0. The average molecular weight is 554 g/mol. The molecule has 1 aromatic carbocycles. The van der Waals surface area contributed by atoms with Gasteiger partial charge in [-0.2, -0.15) is 30.2 Å². The first kappa shape index (κ1) is 27.8. The van der Waals surface area contributed by atoms with Gasteiger partial charge in [0.1, 0.15) is 23.1 Å². The van der Waals surface area contributed by atoms with E-state index in [2.05, 4.69) is 4.98 Å². The normalized spacial score (nSPS) is 14.6. The predicted octanol–water partition coefficient (Wildman–Crippen LogP) is 4.39. The van der Waals surface area contributed by atoms with Crippen LogP contribution in [0.3, 0.4) is 0 Å². The molecule has 0 bridgehead atoms. The minimum absolute atomic E-state index is 0.0806. The number of rotatable bonds is 10. The lowest BCUT2D eigenvalue weighted by molar-refractivity contribution is -0.137. The van der Waals surface area contributed by atoms with Gasteiger partial charge in [-0.25, -0.2) is 9.78 Å². The number of hydrogen-bond acceptors (Lipinski definition) is 7. The van der Waals surface area contributed by atoms with Crippen molar-refractivity contribution in [3.8, 4) is 17.4 Å². The number of alkyl halides is 3. The number of pyridine rings is 1. The number of benzene rings is 1. The lowest BCUT2D eigenvalue weighted by Gasteiger charge is -2.25. The highest BCUT2D eigenvalue weighted by Gasteiger charge is 2.36. The van der Waals surface area contributed by atoms with Gasteiger partial charge < -0.3 is 19.3 Å². The molecule has 0 saturated carbocycles. The van der Waals surface area contributed by atoms with E-state index in [0.717, 1.165) is 4.31 Å². The van der Waals surface area contributed by atoms with E-state index in [0.29, 0.717) is 25.1 Å². The fraction of sp³-hybridized carbons (Fsp3) is 0.429. The molecule has 1 amide bonds. The monoisotopic (exact) mass is 553 g/mol. The summed E-state index contributed by atoms with van der Waals surface area (Å²) in [6.45, 7) is 0.143. The van der Waals surface area contributed by atoms with Crippen LogP contribution in [0.25, 0.3) is 0 Å². The van der Waals surface area contributed by atoms with E-state index in [1.165, 1.54) is 25.3 Å². The Bertz CT molecular complexity index is 1190. The molecule has 0 spiro atoms. The Balaban J connectivity index is 1.97. The maximum Gasteiger partial charge on any atom is 0.422 e. The molecule has 36 heavy (non-hydrogen) atoms. The van der Waals surface area contributed by atoms with Gasteiger partial charge in [-0.15, -0.1) is 0 Å². The van der Waals surface area contributed by atoms with Crippen molar-refractivity contribution in [3.05, 3.63) is 46.6 Å². The van der Waals surface area contributed by atoms with Crippen molar-refractivity contribution < 1.29 is 45.7 Å². The molecule has 0 atom stereocenters. The first-order valence-corrected chi connectivity index (χ1v) is 12.4. The molecule has 1 aliphatic rings. The van der Waals surface area contributed by atoms with Crippen LogP contribution in [0.15, 0.2) is 30.5 Å². The SMILES string of the molecule is COCCOc1ccc(CN(C(=O)O)S(=O)(=O)N2CCCC2)c(Oc2ncc(C(F)(F)F)cc2Cl)c1. The summed E-state index contributed by atoms with van der Waals surface area (Å²) in [7, 11) is -2.88. The van der Waals surface area contributed by atoms with Crippen molar-refractivity contribution in [1.82, 2.24) is 13.6 Å². The molecular formula is C21H23ClF3N3O7S. The molecule has 0 unspecified atom stereocenters. The van der Waals surface area contributed by atoms with Crippen LogP contribution in [0.5, 0.6) is 17.4 Å². The van der Waals surface area contributed by atoms with Gasteiger partial charge in [0.05, 0.1) is 18.7 Å².